The molecule has 2 N–H and O–H groups in total. The standard InChI is InChI=1S/C4H8N2/c1-4(3-5)6-2/h4H,3,5H2,1H3. The van der Waals surface area contributed by atoms with Gasteiger partial charge in [0.25, 0.3) is 0 Å². The first-order valence-electron chi connectivity index (χ1n) is 1.88. The van der Waals surface area contributed by atoms with Crippen molar-refractivity contribution in [1.82, 2.24) is 0 Å². The van der Waals surface area contributed by atoms with Crippen LogP contribution in [0.4, 0.5) is 0 Å². The minimum Gasteiger partial charge on any atom is -0.324 e. The molecule has 0 aliphatic heterocycles. The van der Waals surface area contributed by atoms with Crippen molar-refractivity contribution in [1.29, 1.82) is 0 Å². The lowest BCUT2D eigenvalue weighted by atomic mass is 10.4. The summed E-state index contributed by atoms with van der Waals surface area (Å²) in [5.41, 5.74) is 5.07. The number of hydrogen-bond acceptors (Lipinski definition) is 1. The lowest BCUT2D eigenvalue weighted by Crippen LogP contribution is -2.11. The molecule has 0 fully saturated rings. The Labute approximate surface area is 37.8 Å². The third kappa shape index (κ3) is 1.74. The van der Waals surface area contributed by atoms with E-state index in [0.717, 1.165) is 0 Å². The van der Waals surface area contributed by atoms with Gasteiger partial charge in [-0.15, -0.1) is 0 Å². The van der Waals surface area contributed by atoms with E-state index in [1.54, 1.807) is 6.92 Å². The topological polar surface area (TPSA) is 30.4 Å². The van der Waals surface area contributed by atoms with Crippen LogP contribution in [0.15, 0.2) is 0 Å². The molecule has 0 aromatic heterocycles. The largest absolute Gasteiger partial charge is 0.324 e. The SMILES string of the molecule is [C-]#[N+]C(C)CN. The molecule has 0 radical (unpaired) electrons. The maximum absolute atomic E-state index is 6.35. The zero-order valence-corrected chi connectivity index (χ0v) is 3.81. The number of nitrogens with zero attached hydrogens (tertiary/aromatic N) is 1. The molecule has 0 aromatic carbocycles. The molecular formula is C4H8N2. The zero-order valence-electron chi connectivity index (χ0n) is 3.81. The molecule has 34 valence electrons. The van der Waals surface area contributed by atoms with Gasteiger partial charge < -0.3 is 10.6 Å². The first kappa shape index (κ1) is 5.45. The maximum Gasteiger partial charge on any atom is 0.233 e. The minimum atomic E-state index is 0.00463. The van der Waals surface area contributed by atoms with Gasteiger partial charge in [0.2, 0.25) is 6.04 Å². The van der Waals surface area contributed by atoms with Crippen LogP contribution >= 0.6 is 0 Å². The molecule has 0 rings (SSSR count). The van der Waals surface area contributed by atoms with Crippen LogP contribution in [0.3, 0.4) is 0 Å². The van der Waals surface area contributed by atoms with Crippen LogP contribution in [0.1, 0.15) is 6.92 Å². The summed E-state index contributed by atoms with van der Waals surface area (Å²) in [6.45, 7) is 8.63. The van der Waals surface area contributed by atoms with E-state index < -0.39 is 0 Å². The summed E-state index contributed by atoms with van der Waals surface area (Å²) in [6.07, 6.45) is 0. The van der Waals surface area contributed by atoms with Crippen molar-refractivity contribution < 1.29 is 0 Å². The lowest BCUT2D eigenvalue weighted by Gasteiger charge is -1.85. The molecule has 6 heavy (non-hydrogen) atoms. The quantitative estimate of drug-likeness (QED) is 0.453. The van der Waals surface area contributed by atoms with Crippen molar-refractivity contribution in [3.05, 3.63) is 11.4 Å². The molecule has 1 atom stereocenters. The summed E-state index contributed by atoms with van der Waals surface area (Å²) in [5.74, 6) is 0. The fraction of sp³-hybridized carbons (Fsp3) is 0.750. The van der Waals surface area contributed by atoms with E-state index in [9.17, 15) is 0 Å². The average molecular weight is 84.1 g/mol. The van der Waals surface area contributed by atoms with Crippen LogP contribution < -0.4 is 5.73 Å². The summed E-state index contributed by atoms with van der Waals surface area (Å²) in [4.78, 5) is 3.13. The molecule has 0 saturated carbocycles. The number of hydrogen-bond donors (Lipinski definition) is 1. The third-order valence-electron chi connectivity index (χ3n) is 0.561. The van der Waals surface area contributed by atoms with Crippen molar-refractivity contribution in [3.63, 3.8) is 0 Å². The van der Waals surface area contributed by atoms with E-state index in [0.29, 0.717) is 6.54 Å². The van der Waals surface area contributed by atoms with Crippen molar-refractivity contribution in [2.75, 3.05) is 6.54 Å². The average Bonchev–Trinajstić information content (AvgIpc) is 1.65. The zero-order chi connectivity index (χ0) is 4.99. The Morgan fingerprint density at radius 2 is 2.50 bits per heavy atom. The fourth-order valence-corrected chi connectivity index (χ4v) is 0.0527. The van der Waals surface area contributed by atoms with Gasteiger partial charge in [-0.2, -0.15) is 0 Å². The Bertz CT molecular complexity index is 62.4. The summed E-state index contributed by atoms with van der Waals surface area (Å²) < 4.78 is 0. The monoisotopic (exact) mass is 84.1 g/mol. The van der Waals surface area contributed by atoms with E-state index in [2.05, 4.69) is 4.85 Å². The highest BCUT2D eigenvalue weighted by Gasteiger charge is 1.94. The molecule has 2 nitrogen and oxygen atoms in total. The third-order valence-corrected chi connectivity index (χ3v) is 0.561. The smallest absolute Gasteiger partial charge is 0.233 e. The van der Waals surface area contributed by atoms with Crippen LogP contribution in [0.5, 0.6) is 0 Å². The predicted molar refractivity (Wildman–Crippen MR) is 25.1 cm³/mol. The molecule has 2 heteroatoms. The normalized spacial score (nSPS) is 12.8. The Balaban J connectivity index is 3.04. The Hall–Kier alpha value is -0.550. The van der Waals surface area contributed by atoms with Gasteiger partial charge in [-0.1, -0.05) is 0 Å². The fourth-order valence-electron chi connectivity index (χ4n) is 0.0527. The van der Waals surface area contributed by atoms with Gasteiger partial charge in [-0.3, -0.25) is 0 Å². The van der Waals surface area contributed by atoms with Crippen LogP contribution in [0.2, 0.25) is 0 Å². The lowest BCUT2D eigenvalue weighted by molar-refractivity contribution is 0.857. The van der Waals surface area contributed by atoms with Crippen LogP contribution in [-0.2, 0) is 0 Å². The molecule has 0 saturated heterocycles. The van der Waals surface area contributed by atoms with Gasteiger partial charge in [0.05, 0.1) is 6.54 Å². The summed E-state index contributed by atoms with van der Waals surface area (Å²) in [6, 6.07) is 0.00463. The van der Waals surface area contributed by atoms with E-state index in [4.69, 9.17) is 12.3 Å². The number of rotatable bonds is 1. The summed E-state index contributed by atoms with van der Waals surface area (Å²) >= 11 is 0. The Kier molecular flexibility index (Phi) is 2.43. The van der Waals surface area contributed by atoms with Gasteiger partial charge in [0.15, 0.2) is 0 Å². The van der Waals surface area contributed by atoms with Gasteiger partial charge in [0.1, 0.15) is 0 Å². The molecule has 0 aliphatic carbocycles. The van der Waals surface area contributed by atoms with Crippen LogP contribution in [0.25, 0.3) is 4.85 Å². The van der Waals surface area contributed by atoms with Crippen molar-refractivity contribution in [3.8, 4) is 0 Å². The Morgan fingerprint density at radius 3 is 2.50 bits per heavy atom. The highest BCUT2D eigenvalue weighted by atomic mass is 14.7. The van der Waals surface area contributed by atoms with Gasteiger partial charge in [-0.05, 0) is 0 Å². The summed E-state index contributed by atoms with van der Waals surface area (Å²) in [5, 5.41) is 0. The second kappa shape index (κ2) is 2.67. The van der Waals surface area contributed by atoms with E-state index in [-0.39, 0.29) is 6.04 Å². The van der Waals surface area contributed by atoms with Crippen LogP contribution in [-0.4, -0.2) is 12.6 Å². The van der Waals surface area contributed by atoms with Crippen molar-refractivity contribution in [2.24, 2.45) is 5.73 Å². The van der Waals surface area contributed by atoms with Gasteiger partial charge >= 0.3 is 0 Å². The number of nitrogens with two attached hydrogens (primary N) is 1. The first-order chi connectivity index (χ1) is 2.81. The Morgan fingerprint density at radius 1 is 2.00 bits per heavy atom. The maximum atomic E-state index is 6.35. The minimum absolute atomic E-state index is 0.00463. The molecular weight excluding hydrogens is 76.1 g/mol. The van der Waals surface area contributed by atoms with E-state index in [1.165, 1.54) is 0 Å². The predicted octanol–water partition coefficient (Wildman–Crippen LogP) is 0.253. The van der Waals surface area contributed by atoms with Crippen molar-refractivity contribution >= 4 is 0 Å². The van der Waals surface area contributed by atoms with Crippen LogP contribution in [0, 0.1) is 6.57 Å². The van der Waals surface area contributed by atoms with E-state index >= 15 is 0 Å². The summed E-state index contributed by atoms with van der Waals surface area (Å²) in [7, 11) is 0. The second-order valence-corrected chi connectivity index (χ2v) is 1.21. The highest BCUT2D eigenvalue weighted by Crippen LogP contribution is 1.79. The molecule has 0 bridgehead atoms. The van der Waals surface area contributed by atoms with Crippen molar-refractivity contribution in [2.45, 2.75) is 13.0 Å². The van der Waals surface area contributed by atoms with E-state index in [1.807, 2.05) is 0 Å². The first-order valence-corrected chi connectivity index (χ1v) is 1.88. The molecule has 0 aromatic rings. The van der Waals surface area contributed by atoms with Gasteiger partial charge in [0, 0.05) is 6.92 Å². The molecule has 0 heterocycles. The molecule has 0 spiro atoms. The highest BCUT2D eigenvalue weighted by molar-refractivity contribution is 4.72. The second-order valence-electron chi connectivity index (χ2n) is 1.21. The molecule has 1 unspecified atom stereocenters. The molecule has 0 aliphatic rings. The van der Waals surface area contributed by atoms with Gasteiger partial charge in [-0.25, -0.2) is 6.57 Å². The molecule has 0 amide bonds.